The average Bonchev–Trinajstić information content (AvgIpc) is 1.86. The lowest BCUT2D eigenvalue weighted by Crippen LogP contribution is -2.26. The second kappa shape index (κ2) is 3.14. The first-order chi connectivity index (χ1) is 4.41. The summed E-state index contributed by atoms with van der Waals surface area (Å²) in [6.45, 7) is 4.24. The quantitative estimate of drug-likeness (QED) is 0.606. The minimum absolute atomic E-state index is 0.0355. The number of Topliss-reactive ketones (excluding diaryl/α,β-unsaturated/α-hetero) is 1. The van der Waals surface area contributed by atoms with Crippen LogP contribution in [0.5, 0.6) is 0 Å². The van der Waals surface area contributed by atoms with Crippen molar-refractivity contribution in [2.45, 2.75) is 26.0 Å². The molecule has 4 heteroatoms. The molecule has 0 spiro atoms. The Morgan fingerprint density at radius 1 is 1.50 bits per heavy atom. The number of hydrogen-bond acceptors (Lipinski definition) is 3. The molecule has 60 valence electrons. The van der Waals surface area contributed by atoms with E-state index in [-0.39, 0.29) is 11.5 Å². The lowest BCUT2D eigenvalue weighted by molar-refractivity contribution is -0.116. The first-order valence-electron chi connectivity index (χ1n) is 3.13. The van der Waals surface area contributed by atoms with Gasteiger partial charge in [0.25, 0.3) is 0 Å². The molecule has 0 aliphatic heterocycles. The molecule has 0 fully saturated rings. The monoisotopic (exact) mass is 164 g/mol. The van der Waals surface area contributed by atoms with Crippen LogP contribution in [0.3, 0.4) is 0 Å². The maximum atomic E-state index is 10.9. The molecule has 0 rings (SSSR count). The van der Waals surface area contributed by atoms with Crippen LogP contribution in [0.1, 0.15) is 20.8 Å². The molecule has 0 aromatic carbocycles. The van der Waals surface area contributed by atoms with Gasteiger partial charge in [-0.25, -0.2) is 8.42 Å². The molecule has 0 unspecified atom stereocenters. The van der Waals surface area contributed by atoms with Crippen LogP contribution in [0.2, 0.25) is 0 Å². The highest BCUT2D eigenvalue weighted by atomic mass is 32.2. The highest BCUT2D eigenvalue weighted by Crippen LogP contribution is 2.01. The summed E-state index contributed by atoms with van der Waals surface area (Å²) in [4.78, 5) is 10.6. The maximum Gasteiger partial charge on any atom is 0.159 e. The molecule has 3 nitrogen and oxygen atoms in total. The zero-order chi connectivity index (χ0) is 8.36. The van der Waals surface area contributed by atoms with E-state index in [0.717, 1.165) is 0 Å². The van der Waals surface area contributed by atoms with Gasteiger partial charge in [0, 0.05) is 5.75 Å². The van der Waals surface area contributed by atoms with Crippen LogP contribution in [0.25, 0.3) is 0 Å². The molecule has 0 heterocycles. The van der Waals surface area contributed by atoms with Crippen LogP contribution in [0.4, 0.5) is 0 Å². The number of hydrogen-bond donors (Lipinski definition) is 0. The Hall–Kier alpha value is -0.380. The fraction of sp³-hybridized carbons (Fsp3) is 0.833. The van der Waals surface area contributed by atoms with Crippen molar-refractivity contribution in [1.29, 1.82) is 0 Å². The molecule has 0 aromatic rings. The first kappa shape index (κ1) is 9.62. The normalized spacial score (nSPS) is 14.7. The van der Waals surface area contributed by atoms with Crippen molar-refractivity contribution in [3.8, 4) is 0 Å². The van der Waals surface area contributed by atoms with Crippen LogP contribution >= 0.6 is 0 Å². The van der Waals surface area contributed by atoms with Crippen molar-refractivity contribution >= 4 is 15.6 Å². The topological polar surface area (TPSA) is 51.2 Å². The summed E-state index contributed by atoms with van der Waals surface area (Å²) in [7, 11) is -3.15. The van der Waals surface area contributed by atoms with E-state index < -0.39 is 15.1 Å². The summed E-state index contributed by atoms with van der Waals surface area (Å²) >= 11 is 0. The third-order valence-corrected chi connectivity index (χ3v) is 3.73. The van der Waals surface area contributed by atoms with E-state index in [1.54, 1.807) is 0 Å². The van der Waals surface area contributed by atoms with E-state index in [9.17, 15) is 13.2 Å². The van der Waals surface area contributed by atoms with E-state index in [2.05, 4.69) is 0 Å². The largest absolute Gasteiger partial charge is 0.299 e. The second-order valence-electron chi connectivity index (χ2n) is 2.20. The van der Waals surface area contributed by atoms with Gasteiger partial charge in [0.05, 0.1) is 0 Å². The van der Waals surface area contributed by atoms with E-state index in [1.807, 2.05) is 0 Å². The Morgan fingerprint density at radius 2 is 1.90 bits per heavy atom. The zero-order valence-electron chi connectivity index (χ0n) is 6.42. The van der Waals surface area contributed by atoms with E-state index in [4.69, 9.17) is 0 Å². The summed E-state index contributed by atoms with van der Waals surface area (Å²) in [5.74, 6) is -0.254. The maximum absolute atomic E-state index is 10.9. The minimum Gasteiger partial charge on any atom is -0.299 e. The summed E-state index contributed by atoms with van der Waals surface area (Å²) in [6, 6.07) is 0. The molecule has 10 heavy (non-hydrogen) atoms. The Bertz CT molecular complexity index is 215. The third kappa shape index (κ3) is 2.10. The van der Waals surface area contributed by atoms with Gasteiger partial charge in [0.1, 0.15) is 11.0 Å². The zero-order valence-corrected chi connectivity index (χ0v) is 7.23. The molecule has 0 radical (unpaired) electrons. The van der Waals surface area contributed by atoms with E-state index >= 15 is 0 Å². The van der Waals surface area contributed by atoms with Crippen molar-refractivity contribution < 1.29 is 13.2 Å². The molecule has 0 aromatic heterocycles. The van der Waals surface area contributed by atoms with Gasteiger partial charge >= 0.3 is 0 Å². The van der Waals surface area contributed by atoms with Gasteiger partial charge in [-0.2, -0.15) is 0 Å². The summed E-state index contributed by atoms with van der Waals surface area (Å²) in [5.41, 5.74) is 0. The Morgan fingerprint density at radius 3 is 2.00 bits per heavy atom. The smallest absolute Gasteiger partial charge is 0.159 e. The summed E-state index contributed by atoms with van der Waals surface area (Å²) in [6.07, 6.45) is 0. The van der Waals surface area contributed by atoms with Gasteiger partial charge < -0.3 is 0 Å². The van der Waals surface area contributed by atoms with Crippen molar-refractivity contribution in [1.82, 2.24) is 0 Å². The lowest BCUT2D eigenvalue weighted by Gasteiger charge is -2.05. The van der Waals surface area contributed by atoms with Gasteiger partial charge in [-0.3, -0.25) is 4.79 Å². The molecule has 0 saturated carbocycles. The fourth-order valence-electron chi connectivity index (χ4n) is 0.503. The number of carbonyl (C=O) groups excluding carboxylic acids is 1. The molecule has 0 bridgehead atoms. The standard InChI is InChI=1S/C6H12O3S/c1-4-10(8,9)6(3)5(2)7/h6H,4H2,1-3H3/t6-/m1/s1. The number of ketones is 1. The SMILES string of the molecule is CCS(=O)(=O)[C@H](C)C(C)=O. The fourth-order valence-corrected chi connectivity index (χ4v) is 1.51. The summed E-state index contributed by atoms with van der Waals surface area (Å²) < 4.78 is 21.8. The van der Waals surface area contributed by atoms with Crippen LogP contribution in [0.15, 0.2) is 0 Å². The minimum atomic E-state index is -3.15. The molecule has 0 amide bonds. The molecule has 0 aliphatic rings. The van der Waals surface area contributed by atoms with Crippen molar-refractivity contribution in [3.63, 3.8) is 0 Å². The molecule has 1 atom stereocenters. The van der Waals surface area contributed by atoms with Crippen LogP contribution < -0.4 is 0 Å². The van der Waals surface area contributed by atoms with Crippen molar-refractivity contribution in [2.75, 3.05) is 5.75 Å². The highest BCUT2D eigenvalue weighted by molar-refractivity contribution is 7.92. The second-order valence-corrected chi connectivity index (χ2v) is 4.81. The third-order valence-electron chi connectivity index (χ3n) is 1.51. The number of sulfone groups is 1. The van der Waals surface area contributed by atoms with E-state index in [0.29, 0.717) is 0 Å². The molecular formula is C6H12O3S. The first-order valence-corrected chi connectivity index (χ1v) is 4.85. The van der Waals surface area contributed by atoms with Crippen molar-refractivity contribution in [3.05, 3.63) is 0 Å². The molecular weight excluding hydrogens is 152 g/mol. The predicted molar refractivity (Wildman–Crippen MR) is 39.6 cm³/mol. The van der Waals surface area contributed by atoms with Crippen LogP contribution in [-0.2, 0) is 14.6 Å². The van der Waals surface area contributed by atoms with Gasteiger partial charge in [0.15, 0.2) is 9.84 Å². The average molecular weight is 164 g/mol. The van der Waals surface area contributed by atoms with E-state index in [1.165, 1.54) is 20.8 Å². The lowest BCUT2D eigenvalue weighted by atomic mass is 10.3. The molecule has 0 N–H and O–H groups in total. The Balaban J connectivity index is 4.51. The van der Waals surface area contributed by atoms with Gasteiger partial charge in [0.2, 0.25) is 0 Å². The molecule has 0 saturated heterocycles. The molecule has 0 aliphatic carbocycles. The van der Waals surface area contributed by atoms with Crippen LogP contribution in [-0.4, -0.2) is 25.2 Å². The van der Waals surface area contributed by atoms with Gasteiger partial charge in [-0.15, -0.1) is 0 Å². The van der Waals surface area contributed by atoms with Gasteiger partial charge in [-0.1, -0.05) is 6.92 Å². The Kier molecular flexibility index (Phi) is 3.02. The van der Waals surface area contributed by atoms with Crippen LogP contribution in [0, 0.1) is 0 Å². The summed E-state index contributed by atoms with van der Waals surface area (Å²) in [5, 5.41) is -0.836. The predicted octanol–water partition coefficient (Wildman–Crippen LogP) is 0.399. The van der Waals surface area contributed by atoms with Crippen molar-refractivity contribution in [2.24, 2.45) is 0 Å². The number of rotatable bonds is 3. The number of carbonyl (C=O) groups is 1. The van der Waals surface area contributed by atoms with Gasteiger partial charge in [-0.05, 0) is 13.8 Å². The Labute approximate surface area is 61.4 Å². The highest BCUT2D eigenvalue weighted by Gasteiger charge is 2.22.